The van der Waals surface area contributed by atoms with Crippen LogP contribution in [0.4, 0.5) is 0 Å². The van der Waals surface area contributed by atoms with Gasteiger partial charge in [0, 0.05) is 44.8 Å². The number of hydrogen-bond acceptors (Lipinski definition) is 5. The third-order valence-electron chi connectivity index (χ3n) is 5.69. The molecule has 2 aliphatic heterocycles. The van der Waals surface area contributed by atoms with Crippen molar-refractivity contribution >= 4 is 11.8 Å². The van der Waals surface area contributed by atoms with E-state index in [2.05, 4.69) is 21.8 Å². The lowest BCUT2D eigenvalue weighted by atomic mass is 10.1. The molecular formula is C19H27N5O2. The average Bonchev–Trinajstić information content (AvgIpc) is 3.52. The predicted molar refractivity (Wildman–Crippen MR) is 96.9 cm³/mol. The van der Waals surface area contributed by atoms with Gasteiger partial charge < -0.3 is 14.7 Å². The summed E-state index contributed by atoms with van der Waals surface area (Å²) < 4.78 is 0. The lowest BCUT2D eigenvalue weighted by Crippen LogP contribution is -2.51. The third kappa shape index (κ3) is 3.58. The minimum atomic E-state index is -0.0969. The first kappa shape index (κ1) is 17.4. The highest BCUT2D eigenvalue weighted by molar-refractivity contribution is 5.97. The number of fused-ring (bicyclic) bond motifs is 1. The van der Waals surface area contributed by atoms with Crippen molar-refractivity contribution in [1.82, 2.24) is 24.7 Å². The summed E-state index contributed by atoms with van der Waals surface area (Å²) >= 11 is 0. The molecule has 0 radical (unpaired) electrons. The second kappa shape index (κ2) is 7.31. The average molecular weight is 357 g/mol. The van der Waals surface area contributed by atoms with E-state index in [4.69, 9.17) is 0 Å². The van der Waals surface area contributed by atoms with E-state index in [0.29, 0.717) is 18.0 Å². The van der Waals surface area contributed by atoms with Crippen LogP contribution < -0.4 is 0 Å². The lowest BCUT2D eigenvalue weighted by molar-refractivity contribution is -0.133. The topological polar surface area (TPSA) is 69.6 Å². The molecule has 0 aromatic carbocycles. The molecule has 26 heavy (non-hydrogen) atoms. The number of piperazine rings is 1. The fourth-order valence-corrected chi connectivity index (χ4v) is 3.78. The van der Waals surface area contributed by atoms with Gasteiger partial charge in [0.25, 0.3) is 5.91 Å². The van der Waals surface area contributed by atoms with Crippen LogP contribution in [-0.2, 0) is 11.2 Å². The summed E-state index contributed by atoms with van der Waals surface area (Å²) in [5.74, 6) is 1.32. The minimum absolute atomic E-state index is 0.0491. The summed E-state index contributed by atoms with van der Waals surface area (Å²) in [4.78, 5) is 40.5. The van der Waals surface area contributed by atoms with Gasteiger partial charge in [-0.15, -0.1) is 0 Å². The maximum Gasteiger partial charge on any atom is 0.257 e. The smallest absolute Gasteiger partial charge is 0.257 e. The Morgan fingerprint density at radius 1 is 1.19 bits per heavy atom. The van der Waals surface area contributed by atoms with Crippen LogP contribution in [0.5, 0.6) is 0 Å². The number of aromatic nitrogens is 2. The number of carbonyl (C=O) groups is 2. The van der Waals surface area contributed by atoms with E-state index >= 15 is 0 Å². The van der Waals surface area contributed by atoms with E-state index in [9.17, 15) is 9.59 Å². The molecule has 140 valence electrons. The van der Waals surface area contributed by atoms with Crippen LogP contribution in [0.2, 0.25) is 0 Å². The minimum Gasteiger partial charge on any atom is -0.339 e. The molecular weight excluding hydrogens is 330 g/mol. The van der Waals surface area contributed by atoms with Gasteiger partial charge in [-0.2, -0.15) is 0 Å². The van der Waals surface area contributed by atoms with Crippen LogP contribution in [0.1, 0.15) is 54.0 Å². The standard InChI is InChI=1S/C19H27N5O2/c1-2-22-8-10-23(11-9-22)17(25)13-24-7-3-4-16-15(19(24)26)12-20-18(21-16)14-5-6-14/h12,14H,2-11,13H2,1H3. The van der Waals surface area contributed by atoms with Crippen molar-refractivity contribution in [3.05, 3.63) is 23.3 Å². The molecule has 2 amide bonds. The van der Waals surface area contributed by atoms with Gasteiger partial charge in [0.1, 0.15) is 12.4 Å². The predicted octanol–water partition coefficient (Wildman–Crippen LogP) is 0.906. The molecule has 0 bridgehead atoms. The number of carbonyl (C=O) groups excluding carboxylic acids is 2. The first-order valence-electron chi connectivity index (χ1n) is 9.81. The Morgan fingerprint density at radius 2 is 1.96 bits per heavy atom. The zero-order valence-corrected chi connectivity index (χ0v) is 15.5. The largest absolute Gasteiger partial charge is 0.339 e. The van der Waals surface area contributed by atoms with Crippen molar-refractivity contribution in [2.45, 2.75) is 38.5 Å². The first-order chi connectivity index (χ1) is 12.7. The molecule has 0 atom stereocenters. The van der Waals surface area contributed by atoms with E-state index in [1.807, 2.05) is 4.90 Å². The zero-order valence-electron chi connectivity index (χ0n) is 15.5. The Hall–Kier alpha value is -2.02. The molecule has 7 heteroatoms. The SMILES string of the molecule is CCN1CCN(C(=O)CN2CCCc3nc(C4CC4)ncc3C2=O)CC1. The van der Waals surface area contributed by atoms with Crippen molar-refractivity contribution in [2.24, 2.45) is 0 Å². The van der Waals surface area contributed by atoms with Gasteiger partial charge in [-0.1, -0.05) is 6.92 Å². The third-order valence-corrected chi connectivity index (χ3v) is 5.69. The monoisotopic (exact) mass is 357 g/mol. The molecule has 1 aromatic heterocycles. The van der Waals surface area contributed by atoms with Crippen LogP contribution in [0.15, 0.2) is 6.20 Å². The van der Waals surface area contributed by atoms with Crippen molar-refractivity contribution in [3.8, 4) is 0 Å². The molecule has 7 nitrogen and oxygen atoms in total. The van der Waals surface area contributed by atoms with E-state index in [0.717, 1.165) is 69.9 Å². The summed E-state index contributed by atoms with van der Waals surface area (Å²) in [5, 5.41) is 0. The van der Waals surface area contributed by atoms with Gasteiger partial charge in [-0.05, 0) is 32.2 Å². The van der Waals surface area contributed by atoms with Crippen molar-refractivity contribution in [3.63, 3.8) is 0 Å². The number of rotatable bonds is 4. The molecule has 0 spiro atoms. The van der Waals surface area contributed by atoms with Gasteiger partial charge in [0.05, 0.1) is 11.3 Å². The molecule has 1 aliphatic carbocycles. The van der Waals surface area contributed by atoms with Crippen LogP contribution >= 0.6 is 0 Å². The lowest BCUT2D eigenvalue weighted by Gasteiger charge is -2.35. The summed E-state index contributed by atoms with van der Waals surface area (Å²) in [5.41, 5.74) is 1.44. The normalized spacial score (nSPS) is 21.5. The summed E-state index contributed by atoms with van der Waals surface area (Å²) in [6, 6.07) is 0. The highest BCUT2D eigenvalue weighted by Crippen LogP contribution is 2.38. The molecule has 3 aliphatic rings. The summed E-state index contributed by atoms with van der Waals surface area (Å²) in [6.07, 6.45) is 5.61. The molecule has 4 rings (SSSR count). The Morgan fingerprint density at radius 3 is 2.65 bits per heavy atom. The molecule has 2 fully saturated rings. The van der Waals surface area contributed by atoms with Crippen molar-refractivity contribution in [2.75, 3.05) is 45.8 Å². The quantitative estimate of drug-likeness (QED) is 0.801. The van der Waals surface area contributed by atoms with Gasteiger partial charge in [0.15, 0.2) is 0 Å². The van der Waals surface area contributed by atoms with Crippen molar-refractivity contribution in [1.29, 1.82) is 0 Å². The van der Waals surface area contributed by atoms with Crippen LogP contribution in [-0.4, -0.2) is 82.3 Å². The maximum absolute atomic E-state index is 12.9. The van der Waals surface area contributed by atoms with Crippen LogP contribution in [0.25, 0.3) is 0 Å². The highest BCUT2D eigenvalue weighted by atomic mass is 16.2. The number of amides is 2. The number of hydrogen-bond donors (Lipinski definition) is 0. The maximum atomic E-state index is 12.9. The second-order valence-electron chi connectivity index (χ2n) is 7.51. The molecule has 3 heterocycles. The highest BCUT2D eigenvalue weighted by Gasteiger charge is 2.31. The number of nitrogens with zero attached hydrogens (tertiary/aromatic N) is 5. The molecule has 1 saturated carbocycles. The second-order valence-corrected chi connectivity index (χ2v) is 7.51. The van der Waals surface area contributed by atoms with Gasteiger partial charge in [-0.25, -0.2) is 9.97 Å². The van der Waals surface area contributed by atoms with E-state index < -0.39 is 0 Å². The zero-order chi connectivity index (χ0) is 18.1. The Balaban J connectivity index is 1.42. The molecule has 1 aromatic rings. The molecule has 0 N–H and O–H groups in total. The van der Waals surface area contributed by atoms with Gasteiger partial charge in [-0.3, -0.25) is 9.59 Å². The fraction of sp³-hybridized carbons (Fsp3) is 0.684. The first-order valence-corrected chi connectivity index (χ1v) is 9.81. The van der Waals surface area contributed by atoms with Crippen LogP contribution in [0, 0.1) is 0 Å². The van der Waals surface area contributed by atoms with Gasteiger partial charge in [0.2, 0.25) is 5.91 Å². The number of likely N-dealkylation sites (N-methyl/N-ethyl adjacent to an activating group) is 1. The van der Waals surface area contributed by atoms with E-state index in [-0.39, 0.29) is 18.4 Å². The van der Waals surface area contributed by atoms with Gasteiger partial charge >= 0.3 is 0 Å². The van der Waals surface area contributed by atoms with Crippen LogP contribution in [0.3, 0.4) is 0 Å². The fourth-order valence-electron chi connectivity index (χ4n) is 3.78. The Kier molecular flexibility index (Phi) is 4.89. The van der Waals surface area contributed by atoms with Crippen molar-refractivity contribution < 1.29 is 9.59 Å². The van der Waals surface area contributed by atoms with E-state index in [1.54, 1.807) is 11.1 Å². The summed E-state index contributed by atoms with van der Waals surface area (Å²) in [7, 11) is 0. The molecule has 1 saturated heterocycles. The summed E-state index contributed by atoms with van der Waals surface area (Å²) in [6.45, 7) is 7.25. The Bertz CT molecular complexity index is 695. The molecule has 0 unspecified atom stereocenters. The van der Waals surface area contributed by atoms with E-state index in [1.165, 1.54) is 0 Å². The Labute approximate surface area is 154 Å². The number of aryl methyl sites for hydroxylation is 1.